The Hall–Kier alpha value is -3.36. The maximum Gasteiger partial charge on any atom is 0.265 e. The highest BCUT2D eigenvalue weighted by atomic mass is 16.6. The van der Waals surface area contributed by atoms with E-state index in [0.717, 1.165) is 5.56 Å². The third-order valence-corrected chi connectivity index (χ3v) is 3.80. The Balaban J connectivity index is 1.97. The number of aliphatic hydroxyl groups is 2. The van der Waals surface area contributed by atoms with Crippen molar-refractivity contribution in [1.82, 2.24) is 9.97 Å². The van der Waals surface area contributed by atoms with Crippen LogP contribution >= 0.6 is 0 Å². The summed E-state index contributed by atoms with van der Waals surface area (Å²) in [4.78, 5) is 8.61. The molecule has 1 heterocycles. The number of hydrogen-bond acceptors (Lipinski definition) is 8. The molecule has 0 fully saturated rings. The molecule has 28 heavy (non-hydrogen) atoms. The zero-order valence-corrected chi connectivity index (χ0v) is 15.3. The Morgan fingerprint density at radius 2 is 1.68 bits per heavy atom. The summed E-state index contributed by atoms with van der Waals surface area (Å²) < 4.78 is 16.4. The summed E-state index contributed by atoms with van der Waals surface area (Å²) >= 11 is 0. The third kappa shape index (κ3) is 4.67. The molecule has 1 atom stereocenters. The molecule has 8 heteroatoms. The molecule has 0 aliphatic heterocycles. The fraction of sp³-hybridized carbons (Fsp3) is 0.200. The molecule has 146 valence electrons. The van der Waals surface area contributed by atoms with Crippen LogP contribution in [-0.2, 0) is 6.42 Å². The second kappa shape index (κ2) is 9.03. The van der Waals surface area contributed by atoms with Gasteiger partial charge in [-0.3, -0.25) is 0 Å². The number of nitrogen functional groups attached to an aromatic ring is 1. The molecule has 3 aromatic rings. The van der Waals surface area contributed by atoms with Gasteiger partial charge in [0.15, 0.2) is 17.3 Å². The number of aliphatic hydroxyl groups excluding tert-OH is 2. The Kier molecular flexibility index (Phi) is 6.25. The van der Waals surface area contributed by atoms with Crippen molar-refractivity contribution in [3.05, 3.63) is 66.0 Å². The first-order valence-corrected chi connectivity index (χ1v) is 8.57. The lowest BCUT2D eigenvalue weighted by Gasteiger charge is -2.17. The summed E-state index contributed by atoms with van der Waals surface area (Å²) in [6, 6.07) is 16.6. The fourth-order valence-electron chi connectivity index (χ4n) is 2.50. The van der Waals surface area contributed by atoms with Crippen molar-refractivity contribution in [3.63, 3.8) is 0 Å². The number of methoxy groups -OCH3 is 1. The highest BCUT2D eigenvalue weighted by Gasteiger charge is 2.20. The molecule has 0 spiro atoms. The largest absolute Gasteiger partial charge is 0.493 e. The number of benzene rings is 2. The van der Waals surface area contributed by atoms with Crippen molar-refractivity contribution < 1.29 is 24.4 Å². The number of nitrogens with two attached hydrogens (primary N) is 1. The zero-order valence-electron chi connectivity index (χ0n) is 15.3. The van der Waals surface area contributed by atoms with Crippen molar-refractivity contribution in [2.75, 3.05) is 19.5 Å². The second-order valence-electron chi connectivity index (χ2n) is 5.83. The second-order valence-corrected chi connectivity index (χ2v) is 5.83. The maximum absolute atomic E-state index is 9.72. The van der Waals surface area contributed by atoms with E-state index in [1.54, 1.807) is 24.3 Å². The van der Waals surface area contributed by atoms with E-state index in [4.69, 9.17) is 25.1 Å². The van der Waals surface area contributed by atoms with E-state index in [1.165, 1.54) is 7.11 Å². The van der Waals surface area contributed by atoms with Crippen LogP contribution in [-0.4, -0.2) is 40.2 Å². The number of rotatable bonds is 8. The van der Waals surface area contributed by atoms with Crippen LogP contribution in [0.3, 0.4) is 0 Å². The van der Waals surface area contributed by atoms with Crippen molar-refractivity contribution in [2.45, 2.75) is 12.7 Å². The lowest BCUT2D eigenvalue weighted by atomic mass is 10.1. The minimum atomic E-state index is -1.49. The molecule has 2 aromatic carbocycles. The van der Waals surface area contributed by atoms with E-state index in [0.29, 0.717) is 23.7 Å². The van der Waals surface area contributed by atoms with Crippen LogP contribution in [0.25, 0.3) is 0 Å². The normalized spacial score (nSPS) is 11.7. The average molecular weight is 383 g/mol. The van der Waals surface area contributed by atoms with E-state index in [2.05, 4.69) is 9.97 Å². The Labute approximate surface area is 162 Å². The van der Waals surface area contributed by atoms with Gasteiger partial charge < -0.3 is 30.2 Å². The van der Waals surface area contributed by atoms with E-state index >= 15 is 0 Å². The minimum absolute atomic E-state index is 0.0220. The summed E-state index contributed by atoms with van der Waals surface area (Å²) in [5, 5.41) is 18.8. The monoisotopic (exact) mass is 383 g/mol. The van der Waals surface area contributed by atoms with Crippen molar-refractivity contribution in [2.24, 2.45) is 0 Å². The highest BCUT2D eigenvalue weighted by molar-refractivity contribution is 5.56. The van der Waals surface area contributed by atoms with Crippen LogP contribution in [0.1, 0.15) is 11.4 Å². The van der Waals surface area contributed by atoms with E-state index in [9.17, 15) is 5.11 Å². The summed E-state index contributed by atoms with van der Waals surface area (Å²) in [6.45, 7) is -0.619. The Morgan fingerprint density at radius 1 is 1.00 bits per heavy atom. The molecule has 0 radical (unpaired) electrons. The Morgan fingerprint density at radius 3 is 2.36 bits per heavy atom. The molecule has 0 saturated heterocycles. The number of aromatic nitrogens is 2. The van der Waals surface area contributed by atoms with Gasteiger partial charge >= 0.3 is 0 Å². The van der Waals surface area contributed by atoms with Gasteiger partial charge in [0.25, 0.3) is 5.88 Å². The van der Waals surface area contributed by atoms with Gasteiger partial charge in [-0.15, -0.1) is 0 Å². The number of anilines is 1. The molecule has 8 nitrogen and oxygen atoms in total. The first-order valence-electron chi connectivity index (χ1n) is 8.57. The van der Waals surface area contributed by atoms with Crippen LogP contribution in [0.2, 0.25) is 0 Å². The van der Waals surface area contributed by atoms with Gasteiger partial charge in [-0.1, -0.05) is 42.5 Å². The number of hydrogen-bond donors (Lipinski definition) is 3. The maximum atomic E-state index is 9.72. The van der Waals surface area contributed by atoms with Gasteiger partial charge in [0.2, 0.25) is 12.0 Å². The van der Waals surface area contributed by atoms with Crippen molar-refractivity contribution >= 4 is 5.82 Å². The highest BCUT2D eigenvalue weighted by Crippen LogP contribution is 2.38. The summed E-state index contributed by atoms with van der Waals surface area (Å²) in [5.74, 6) is 1.21. The predicted molar refractivity (Wildman–Crippen MR) is 102 cm³/mol. The topological polar surface area (TPSA) is 120 Å². The predicted octanol–water partition coefficient (Wildman–Crippen LogP) is 2.14. The third-order valence-electron chi connectivity index (χ3n) is 3.80. The lowest BCUT2D eigenvalue weighted by Crippen LogP contribution is -2.21. The quantitative estimate of drug-likeness (QED) is 0.506. The molecule has 0 saturated carbocycles. The molecular formula is C20H21N3O5. The van der Waals surface area contributed by atoms with Crippen LogP contribution in [0, 0.1) is 0 Å². The SMILES string of the molecule is COc1ccccc1Oc1c(N)nc(Cc2ccccc2)nc1OC(O)CO. The average Bonchev–Trinajstić information content (AvgIpc) is 2.71. The van der Waals surface area contributed by atoms with Crippen LogP contribution < -0.4 is 19.9 Å². The molecular weight excluding hydrogens is 362 g/mol. The smallest absolute Gasteiger partial charge is 0.265 e. The molecule has 4 N–H and O–H groups in total. The van der Waals surface area contributed by atoms with Crippen LogP contribution in [0.4, 0.5) is 5.82 Å². The van der Waals surface area contributed by atoms with Crippen molar-refractivity contribution in [1.29, 1.82) is 0 Å². The van der Waals surface area contributed by atoms with E-state index in [-0.39, 0.29) is 17.4 Å². The Bertz CT molecular complexity index is 921. The summed E-state index contributed by atoms with van der Waals surface area (Å²) in [7, 11) is 1.51. The van der Waals surface area contributed by atoms with Gasteiger partial charge in [0.05, 0.1) is 7.11 Å². The van der Waals surface area contributed by atoms with Gasteiger partial charge in [-0.25, -0.2) is 4.98 Å². The minimum Gasteiger partial charge on any atom is -0.493 e. The van der Waals surface area contributed by atoms with Gasteiger partial charge in [-0.2, -0.15) is 4.98 Å². The van der Waals surface area contributed by atoms with E-state index < -0.39 is 12.9 Å². The molecule has 0 aliphatic rings. The first-order chi connectivity index (χ1) is 13.6. The van der Waals surface area contributed by atoms with Gasteiger partial charge in [0, 0.05) is 6.42 Å². The molecule has 0 amide bonds. The molecule has 1 aromatic heterocycles. The van der Waals surface area contributed by atoms with Gasteiger partial charge in [0.1, 0.15) is 12.4 Å². The molecule has 0 aliphatic carbocycles. The van der Waals surface area contributed by atoms with Gasteiger partial charge in [-0.05, 0) is 17.7 Å². The lowest BCUT2D eigenvalue weighted by molar-refractivity contribution is -0.0585. The van der Waals surface area contributed by atoms with E-state index in [1.807, 2.05) is 30.3 Å². The molecule has 0 bridgehead atoms. The zero-order chi connectivity index (χ0) is 19.9. The summed E-state index contributed by atoms with van der Waals surface area (Å²) in [5.41, 5.74) is 7.07. The fourth-order valence-corrected chi connectivity index (χ4v) is 2.50. The van der Waals surface area contributed by atoms with Crippen LogP contribution in [0.15, 0.2) is 54.6 Å². The molecule has 3 rings (SSSR count). The number of ether oxygens (including phenoxy) is 3. The number of para-hydroxylation sites is 2. The number of nitrogens with zero attached hydrogens (tertiary/aromatic N) is 2. The standard InChI is InChI=1S/C20H21N3O5/c1-26-14-9-5-6-10-15(14)27-18-19(21)22-16(11-13-7-3-2-4-8-13)23-20(18)28-17(25)12-24/h2-10,17,24-25H,11-12H2,1H3,(H2,21,22,23). The summed E-state index contributed by atoms with van der Waals surface area (Å²) in [6.07, 6.45) is -1.08. The van der Waals surface area contributed by atoms with Crippen molar-refractivity contribution in [3.8, 4) is 23.1 Å². The van der Waals surface area contributed by atoms with Crippen LogP contribution in [0.5, 0.6) is 23.1 Å². The molecule has 1 unspecified atom stereocenters. The first kappa shape index (κ1) is 19.4.